The van der Waals surface area contributed by atoms with Gasteiger partial charge in [-0.25, -0.2) is 0 Å². The molecule has 0 radical (unpaired) electrons. The molecule has 0 aromatic heterocycles. The molecule has 0 aromatic carbocycles. The first-order valence-electron chi connectivity index (χ1n) is 2.03. The fraction of sp³-hybridized carbons (Fsp3) is 0.500. The van der Waals surface area contributed by atoms with Gasteiger partial charge in [-0.05, 0) is 6.42 Å². The van der Waals surface area contributed by atoms with Crippen LogP contribution in [0.3, 0.4) is 0 Å². The van der Waals surface area contributed by atoms with Crippen LogP contribution in [0.4, 0.5) is 0 Å². The molecule has 0 fully saturated rings. The molecular formula is C4H9Al. The van der Waals surface area contributed by atoms with Crippen molar-refractivity contribution in [3.63, 3.8) is 0 Å². The van der Waals surface area contributed by atoms with Gasteiger partial charge in [0, 0.05) is 0 Å². The zero-order chi connectivity index (χ0) is 4.12. The van der Waals surface area contributed by atoms with E-state index in [2.05, 4.69) is 17.9 Å². The van der Waals surface area contributed by atoms with E-state index in [1.165, 1.54) is 22.7 Å². The van der Waals surface area contributed by atoms with Crippen LogP contribution in [0, 0.1) is 0 Å². The molecule has 0 heterocycles. The third-order valence-corrected chi connectivity index (χ3v) is 0.943. The van der Waals surface area contributed by atoms with Crippen LogP contribution in [0.1, 0.15) is 13.3 Å². The minimum atomic E-state index is 1.20. The molecule has 0 bridgehead atoms. The summed E-state index contributed by atoms with van der Waals surface area (Å²) in [5.74, 6) is 0. The van der Waals surface area contributed by atoms with Crippen LogP contribution in [0.15, 0.2) is 11.0 Å². The molecule has 0 atom stereocenters. The summed E-state index contributed by atoms with van der Waals surface area (Å²) in [4.78, 5) is 2.19. The van der Waals surface area contributed by atoms with Crippen LogP contribution in [-0.2, 0) is 0 Å². The molecular weight excluding hydrogens is 75.0 g/mol. The van der Waals surface area contributed by atoms with E-state index < -0.39 is 0 Å². The van der Waals surface area contributed by atoms with Gasteiger partial charge >= 0.3 is 0 Å². The SMILES string of the molecule is CC/C=[CH]/[AlH2]. The number of rotatable bonds is 1. The standard InChI is InChI=1S/C4H7.Al.2H/c1-3-4-2;;;/h1,3H,4H2,2H3;;;. The second kappa shape index (κ2) is 4.27. The summed E-state index contributed by atoms with van der Waals surface area (Å²) >= 11 is 1.22. The van der Waals surface area contributed by atoms with Gasteiger partial charge in [0.05, 0.1) is 0 Å². The predicted octanol–water partition coefficient (Wildman–Crippen LogP) is 0.543. The maximum absolute atomic E-state index is 2.19. The summed E-state index contributed by atoms with van der Waals surface area (Å²) in [6, 6.07) is 0. The first kappa shape index (κ1) is 5.27. The quantitative estimate of drug-likeness (QED) is 0.407. The fourth-order valence-electron chi connectivity index (χ4n) is 0.236. The Morgan fingerprint density at radius 1 is 1.80 bits per heavy atom. The van der Waals surface area contributed by atoms with Crippen LogP contribution in [0.25, 0.3) is 0 Å². The highest BCUT2D eigenvalue weighted by Gasteiger charge is 1.53. The minimum Gasteiger partial charge on any atom is -0.157 e. The van der Waals surface area contributed by atoms with Gasteiger partial charge in [-0.2, -0.15) is 4.94 Å². The molecule has 0 nitrogen and oxygen atoms in total. The molecule has 1 heteroatoms. The van der Waals surface area contributed by atoms with E-state index in [4.69, 9.17) is 0 Å². The van der Waals surface area contributed by atoms with Crippen LogP contribution < -0.4 is 0 Å². The van der Waals surface area contributed by atoms with Crippen molar-refractivity contribution in [1.29, 1.82) is 0 Å². The smallest absolute Gasteiger partial charge is 0.157 e. The Labute approximate surface area is 41.3 Å². The fourth-order valence-corrected chi connectivity index (χ4v) is 0.707. The normalized spacial score (nSPS) is 9.80. The van der Waals surface area contributed by atoms with Crippen molar-refractivity contribution in [3.05, 3.63) is 11.0 Å². The van der Waals surface area contributed by atoms with E-state index in [1.54, 1.807) is 0 Å². The lowest BCUT2D eigenvalue weighted by Gasteiger charge is -1.65. The van der Waals surface area contributed by atoms with E-state index >= 15 is 0 Å². The molecule has 0 N–H and O–H groups in total. The van der Waals surface area contributed by atoms with E-state index in [-0.39, 0.29) is 0 Å². The Bertz CT molecular complexity index is 30.6. The zero-order valence-corrected chi connectivity index (χ0v) is 5.86. The van der Waals surface area contributed by atoms with Gasteiger partial charge in [0.2, 0.25) is 16.3 Å². The van der Waals surface area contributed by atoms with E-state index in [1.807, 2.05) is 0 Å². The van der Waals surface area contributed by atoms with Gasteiger partial charge in [0.15, 0.2) is 0 Å². The van der Waals surface area contributed by atoms with Crippen LogP contribution >= 0.6 is 0 Å². The molecule has 0 aliphatic heterocycles. The van der Waals surface area contributed by atoms with Gasteiger partial charge in [-0.1, -0.05) is 6.92 Å². The van der Waals surface area contributed by atoms with Crippen LogP contribution in [0.2, 0.25) is 0 Å². The third kappa shape index (κ3) is 4.27. The average Bonchev–Trinajstić information content (AvgIpc) is 1.41. The molecule has 0 aliphatic carbocycles. The van der Waals surface area contributed by atoms with E-state index in [0.29, 0.717) is 0 Å². The van der Waals surface area contributed by atoms with Crippen molar-refractivity contribution in [1.82, 2.24) is 0 Å². The lowest BCUT2D eigenvalue weighted by molar-refractivity contribution is 1.23. The Kier molecular flexibility index (Phi) is 4.51. The molecule has 0 spiro atoms. The number of hydrogen-bond acceptors (Lipinski definition) is 0. The highest BCUT2D eigenvalue weighted by Crippen LogP contribution is 1.71. The van der Waals surface area contributed by atoms with Gasteiger partial charge < -0.3 is 0 Å². The van der Waals surface area contributed by atoms with Crippen LogP contribution in [0.5, 0.6) is 0 Å². The molecule has 0 saturated heterocycles. The van der Waals surface area contributed by atoms with Gasteiger partial charge in [-0.3, -0.25) is 0 Å². The molecule has 0 aromatic rings. The highest BCUT2D eigenvalue weighted by atomic mass is 27.0. The minimum absolute atomic E-state index is 1.20. The van der Waals surface area contributed by atoms with Crippen molar-refractivity contribution in [2.75, 3.05) is 0 Å². The van der Waals surface area contributed by atoms with Crippen molar-refractivity contribution >= 4 is 16.3 Å². The maximum atomic E-state index is 2.19. The molecule has 0 aliphatic rings. The van der Waals surface area contributed by atoms with Gasteiger partial charge in [-0.15, -0.1) is 6.08 Å². The molecule has 0 amide bonds. The Morgan fingerprint density at radius 3 is 2.40 bits per heavy atom. The lowest BCUT2D eigenvalue weighted by Crippen LogP contribution is -1.49. The summed E-state index contributed by atoms with van der Waals surface area (Å²) < 4.78 is 0. The summed E-state index contributed by atoms with van der Waals surface area (Å²) in [5, 5.41) is 0. The zero-order valence-electron chi connectivity index (χ0n) is 3.86. The third-order valence-electron chi connectivity index (χ3n) is 0.471. The predicted molar refractivity (Wildman–Crippen MR) is 28.0 cm³/mol. The Morgan fingerprint density at radius 2 is 2.40 bits per heavy atom. The highest BCUT2D eigenvalue weighted by molar-refractivity contribution is 6.16. The van der Waals surface area contributed by atoms with Crippen LogP contribution in [-0.4, -0.2) is 16.3 Å². The van der Waals surface area contributed by atoms with Crippen molar-refractivity contribution in [2.24, 2.45) is 0 Å². The summed E-state index contributed by atoms with van der Waals surface area (Å²) in [7, 11) is 0. The summed E-state index contributed by atoms with van der Waals surface area (Å²) in [6.07, 6.45) is 3.38. The monoisotopic (exact) mass is 84.1 g/mol. The summed E-state index contributed by atoms with van der Waals surface area (Å²) in [5.41, 5.74) is 0. The second-order valence-corrected chi connectivity index (χ2v) is 1.64. The van der Waals surface area contributed by atoms with Gasteiger partial charge in [0.25, 0.3) is 0 Å². The van der Waals surface area contributed by atoms with Crippen molar-refractivity contribution < 1.29 is 0 Å². The Hall–Kier alpha value is 0.272. The molecule has 28 valence electrons. The first-order valence-corrected chi connectivity index (χ1v) is 3.18. The maximum Gasteiger partial charge on any atom is 0.246 e. The topological polar surface area (TPSA) is 0 Å². The van der Waals surface area contributed by atoms with Gasteiger partial charge in [0.1, 0.15) is 0 Å². The first-order chi connectivity index (χ1) is 2.41. The molecule has 0 rings (SSSR count). The lowest BCUT2D eigenvalue weighted by atomic mass is 10.5. The Balaban J connectivity index is 2.62. The summed E-state index contributed by atoms with van der Waals surface area (Å²) in [6.45, 7) is 2.15. The van der Waals surface area contributed by atoms with E-state index in [0.717, 1.165) is 0 Å². The van der Waals surface area contributed by atoms with Crippen molar-refractivity contribution in [2.45, 2.75) is 13.3 Å². The largest absolute Gasteiger partial charge is 0.246 e. The second-order valence-electron chi connectivity index (χ2n) is 0.977. The van der Waals surface area contributed by atoms with Crippen molar-refractivity contribution in [3.8, 4) is 0 Å². The molecule has 5 heavy (non-hydrogen) atoms. The number of allylic oxidation sites excluding steroid dienone is 1. The molecule has 0 unspecified atom stereocenters. The number of hydrogen-bond donors (Lipinski definition) is 0. The average molecular weight is 84.1 g/mol. The van der Waals surface area contributed by atoms with E-state index in [9.17, 15) is 0 Å². The molecule has 0 saturated carbocycles.